The van der Waals surface area contributed by atoms with E-state index in [-0.39, 0.29) is 17.0 Å². The van der Waals surface area contributed by atoms with Gasteiger partial charge in [0.25, 0.3) is 0 Å². The summed E-state index contributed by atoms with van der Waals surface area (Å²) >= 11 is 0. The summed E-state index contributed by atoms with van der Waals surface area (Å²) in [6, 6.07) is 6.27. The van der Waals surface area contributed by atoms with Gasteiger partial charge in [-0.05, 0) is 50.6 Å². The predicted octanol–water partition coefficient (Wildman–Crippen LogP) is 4.27. The first-order valence-corrected chi connectivity index (χ1v) is 14.5. The molecule has 0 radical (unpaired) electrons. The van der Waals surface area contributed by atoms with E-state index in [2.05, 4.69) is 20.2 Å². The minimum absolute atomic E-state index is 0.0684. The van der Waals surface area contributed by atoms with E-state index in [4.69, 9.17) is 4.98 Å². The Labute approximate surface area is 220 Å². The molecule has 1 N–H and O–H groups in total. The third-order valence-corrected chi connectivity index (χ3v) is 8.78. The molecular weight excluding hydrogens is 510 g/mol. The molecule has 0 spiro atoms. The SMILES string of the molecule is CCCS(=O)(=O)Cc1ccc(F)c(-n2cc(-c3cncnc3)c3nc(N(C)C4CCNCC4)ccc32)c1F. The number of pyridine rings is 1. The minimum atomic E-state index is -3.54. The summed E-state index contributed by atoms with van der Waals surface area (Å²) in [7, 11) is -1.53. The average molecular weight is 541 g/mol. The van der Waals surface area contributed by atoms with Crippen LogP contribution in [0.1, 0.15) is 31.7 Å². The van der Waals surface area contributed by atoms with Crippen LogP contribution in [0.25, 0.3) is 27.8 Å². The van der Waals surface area contributed by atoms with Crippen LogP contribution in [0.3, 0.4) is 0 Å². The number of halogens is 2. The van der Waals surface area contributed by atoms with Crippen LogP contribution in [-0.2, 0) is 15.6 Å². The first kappa shape index (κ1) is 26.2. The molecule has 38 heavy (non-hydrogen) atoms. The van der Waals surface area contributed by atoms with Gasteiger partial charge in [0.15, 0.2) is 15.7 Å². The summed E-state index contributed by atoms with van der Waals surface area (Å²) in [5.74, 6) is -1.53. The van der Waals surface area contributed by atoms with Crippen molar-refractivity contribution in [2.24, 2.45) is 0 Å². The highest BCUT2D eigenvalue weighted by Crippen LogP contribution is 2.35. The molecule has 0 unspecified atom stereocenters. The number of hydrogen-bond donors (Lipinski definition) is 1. The Kier molecular flexibility index (Phi) is 7.40. The van der Waals surface area contributed by atoms with Crippen LogP contribution in [-0.4, -0.2) is 59.9 Å². The number of aromatic nitrogens is 4. The number of rotatable bonds is 8. The number of anilines is 1. The van der Waals surface area contributed by atoms with Gasteiger partial charge >= 0.3 is 0 Å². The van der Waals surface area contributed by atoms with E-state index in [1.165, 1.54) is 17.0 Å². The maximum atomic E-state index is 15.8. The average Bonchev–Trinajstić information content (AvgIpc) is 3.29. The Morgan fingerprint density at radius 2 is 1.84 bits per heavy atom. The normalized spacial score (nSPS) is 14.7. The van der Waals surface area contributed by atoms with Crippen LogP contribution < -0.4 is 10.2 Å². The molecule has 0 saturated carbocycles. The molecule has 0 aliphatic carbocycles. The Hall–Kier alpha value is -3.44. The lowest BCUT2D eigenvalue weighted by atomic mass is 10.1. The lowest BCUT2D eigenvalue weighted by molar-refractivity contribution is 0.442. The molecule has 1 aliphatic rings. The topological polar surface area (TPSA) is 93.0 Å². The Morgan fingerprint density at radius 1 is 1.11 bits per heavy atom. The maximum Gasteiger partial charge on any atom is 0.154 e. The molecule has 1 aliphatic heterocycles. The van der Waals surface area contributed by atoms with Crippen molar-refractivity contribution in [1.82, 2.24) is 24.8 Å². The second kappa shape index (κ2) is 10.7. The van der Waals surface area contributed by atoms with Crippen LogP contribution in [0.4, 0.5) is 14.6 Å². The molecule has 1 saturated heterocycles. The van der Waals surface area contributed by atoms with E-state index in [0.717, 1.165) is 37.8 Å². The number of nitrogens with one attached hydrogen (secondary N) is 1. The molecule has 4 heterocycles. The zero-order chi connectivity index (χ0) is 26.9. The second-order valence-corrected chi connectivity index (χ2v) is 11.8. The molecule has 200 valence electrons. The lowest BCUT2D eigenvalue weighted by Crippen LogP contribution is -2.41. The summed E-state index contributed by atoms with van der Waals surface area (Å²) in [4.78, 5) is 15.3. The van der Waals surface area contributed by atoms with Crippen LogP contribution >= 0.6 is 0 Å². The van der Waals surface area contributed by atoms with E-state index in [1.807, 2.05) is 13.1 Å². The highest BCUT2D eigenvalue weighted by Gasteiger charge is 2.25. The van der Waals surface area contributed by atoms with Crippen LogP contribution in [0.2, 0.25) is 0 Å². The zero-order valence-corrected chi connectivity index (χ0v) is 22.2. The second-order valence-electron chi connectivity index (χ2n) is 9.63. The van der Waals surface area contributed by atoms with Crippen molar-refractivity contribution in [3.63, 3.8) is 0 Å². The Balaban J connectivity index is 1.67. The van der Waals surface area contributed by atoms with Gasteiger partial charge in [0, 0.05) is 48.4 Å². The summed E-state index contributed by atoms with van der Waals surface area (Å²) in [6.45, 7) is 3.61. The molecule has 4 aromatic rings. The van der Waals surface area contributed by atoms with Crippen molar-refractivity contribution < 1.29 is 17.2 Å². The third-order valence-electron chi connectivity index (χ3n) is 7.00. The van der Waals surface area contributed by atoms with E-state index < -0.39 is 27.2 Å². The smallest absolute Gasteiger partial charge is 0.154 e. The molecule has 0 bridgehead atoms. The van der Waals surface area contributed by atoms with Gasteiger partial charge in [0.2, 0.25) is 0 Å². The fourth-order valence-corrected chi connectivity index (χ4v) is 6.50. The van der Waals surface area contributed by atoms with Gasteiger partial charge in [-0.2, -0.15) is 0 Å². The van der Waals surface area contributed by atoms with Crippen LogP contribution in [0, 0.1) is 11.6 Å². The van der Waals surface area contributed by atoms with Crippen molar-refractivity contribution in [3.8, 4) is 16.8 Å². The number of hydrogen-bond acceptors (Lipinski definition) is 7. The van der Waals surface area contributed by atoms with Gasteiger partial charge in [-0.3, -0.25) is 0 Å². The van der Waals surface area contributed by atoms with Gasteiger partial charge in [-0.25, -0.2) is 32.2 Å². The maximum absolute atomic E-state index is 15.8. The largest absolute Gasteiger partial charge is 0.357 e. The number of sulfone groups is 1. The highest BCUT2D eigenvalue weighted by molar-refractivity contribution is 7.90. The third kappa shape index (κ3) is 5.12. The minimum Gasteiger partial charge on any atom is -0.357 e. The summed E-state index contributed by atoms with van der Waals surface area (Å²) < 4.78 is 57.3. The molecule has 0 amide bonds. The van der Waals surface area contributed by atoms with Gasteiger partial charge in [-0.15, -0.1) is 0 Å². The molecule has 8 nitrogen and oxygen atoms in total. The Bertz CT molecular complexity index is 1550. The van der Waals surface area contributed by atoms with Gasteiger partial charge in [0.05, 0.1) is 22.5 Å². The summed E-state index contributed by atoms with van der Waals surface area (Å²) in [5.41, 5.74) is 1.87. The van der Waals surface area contributed by atoms with E-state index in [9.17, 15) is 8.42 Å². The quantitative estimate of drug-likeness (QED) is 0.357. The van der Waals surface area contributed by atoms with Crippen LogP contribution in [0.15, 0.2) is 49.2 Å². The number of piperidine rings is 1. The standard InChI is InChI=1S/C27H30F2N6O2S/c1-3-12-38(36,37)16-18-4-5-22(28)27(25(18)29)35-15-21(19-13-31-17-32-14-19)26-23(35)6-7-24(33-26)34(2)20-8-10-30-11-9-20/h4-7,13-15,17,20,30H,3,8-12,16H2,1-2H3. The van der Waals surface area contributed by atoms with Crippen molar-refractivity contribution in [1.29, 1.82) is 0 Å². The molecule has 1 aromatic carbocycles. The van der Waals surface area contributed by atoms with Gasteiger partial charge in [0.1, 0.15) is 23.6 Å². The molecule has 3 aromatic heterocycles. The fraction of sp³-hybridized carbons (Fsp3) is 0.370. The van der Waals surface area contributed by atoms with E-state index >= 15 is 8.78 Å². The first-order chi connectivity index (χ1) is 18.3. The summed E-state index contributed by atoms with van der Waals surface area (Å²) in [6.07, 6.45) is 8.65. The number of nitrogens with zero attached hydrogens (tertiary/aromatic N) is 5. The molecule has 0 atom stereocenters. The van der Waals surface area contributed by atoms with Crippen molar-refractivity contribution in [3.05, 3.63) is 66.4 Å². The summed E-state index contributed by atoms with van der Waals surface area (Å²) in [5, 5.41) is 3.37. The lowest BCUT2D eigenvalue weighted by Gasteiger charge is -2.32. The van der Waals surface area contributed by atoms with Crippen molar-refractivity contribution in [2.45, 2.75) is 38.0 Å². The highest BCUT2D eigenvalue weighted by atomic mass is 32.2. The van der Waals surface area contributed by atoms with E-state index in [1.54, 1.807) is 31.6 Å². The molecular formula is C27H30F2N6O2S. The van der Waals surface area contributed by atoms with Gasteiger partial charge < -0.3 is 14.8 Å². The van der Waals surface area contributed by atoms with E-state index in [0.29, 0.717) is 34.6 Å². The fourth-order valence-electron chi connectivity index (χ4n) is 5.04. The predicted molar refractivity (Wildman–Crippen MR) is 144 cm³/mol. The monoisotopic (exact) mass is 540 g/mol. The van der Waals surface area contributed by atoms with Gasteiger partial charge in [-0.1, -0.05) is 13.0 Å². The first-order valence-electron chi connectivity index (χ1n) is 12.7. The van der Waals surface area contributed by atoms with Crippen molar-refractivity contribution >= 4 is 26.7 Å². The number of benzene rings is 1. The molecule has 11 heteroatoms. The van der Waals surface area contributed by atoms with Crippen LogP contribution in [0.5, 0.6) is 0 Å². The number of fused-ring (bicyclic) bond motifs is 1. The van der Waals surface area contributed by atoms with Crippen molar-refractivity contribution in [2.75, 3.05) is 30.8 Å². The zero-order valence-electron chi connectivity index (χ0n) is 21.4. The molecule has 1 fully saturated rings. The Morgan fingerprint density at radius 3 is 2.55 bits per heavy atom. The molecule has 5 rings (SSSR count).